The van der Waals surface area contributed by atoms with Gasteiger partial charge in [-0.15, -0.1) is 0 Å². The van der Waals surface area contributed by atoms with Crippen molar-refractivity contribution in [2.24, 2.45) is 0 Å². The quantitative estimate of drug-likeness (QED) is 0.565. The van der Waals surface area contributed by atoms with Crippen molar-refractivity contribution in [3.05, 3.63) is 53.1 Å². The summed E-state index contributed by atoms with van der Waals surface area (Å²) in [5, 5.41) is 18.0. The number of aromatic nitrogens is 2. The second-order valence-corrected chi connectivity index (χ2v) is 7.16. The summed E-state index contributed by atoms with van der Waals surface area (Å²) in [6.45, 7) is 2.81. The van der Waals surface area contributed by atoms with Gasteiger partial charge in [0.1, 0.15) is 0 Å². The minimum atomic E-state index is 0.139. The van der Waals surface area contributed by atoms with E-state index in [1.807, 2.05) is 22.9 Å². The number of hydrogen-bond donors (Lipinski definition) is 1. The van der Waals surface area contributed by atoms with Crippen molar-refractivity contribution < 1.29 is 5.11 Å². The molecule has 116 valence electrons. The minimum Gasteiger partial charge on any atom is -0.395 e. The standard InChI is InChI=1S/C17H20IN3O/c1-13-8-14(10-19)2-3-15(13)4-5-16(18)9-17-11-20-12-21(17)6-7-22/h2-3,8,11-12,16,22H,4-7,9H2,1H3. The SMILES string of the molecule is Cc1cc(C#N)ccc1CCC(I)Cc1cncn1CCO. The van der Waals surface area contributed by atoms with E-state index < -0.39 is 0 Å². The Balaban J connectivity index is 1.91. The van der Waals surface area contributed by atoms with Gasteiger partial charge >= 0.3 is 0 Å². The van der Waals surface area contributed by atoms with Gasteiger partial charge in [0.05, 0.1) is 24.6 Å². The zero-order valence-electron chi connectivity index (χ0n) is 12.7. The third kappa shape index (κ3) is 4.55. The van der Waals surface area contributed by atoms with Gasteiger partial charge in [-0.3, -0.25) is 0 Å². The van der Waals surface area contributed by atoms with E-state index in [0.717, 1.165) is 24.8 Å². The number of alkyl halides is 1. The summed E-state index contributed by atoms with van der Waals surface area (Å²) in [4.78, 5) is 4.16. The lowest BCUT2D eigenvalue weighted by Crippen LogP contribution is -2.11. The van der Waals surface area contributed by atoms with E-state index in [9.17, 15) is 0 Å². The maximum atomic E-state index is 9.05. The molecular weight excluding hydrogens is 389 g/mol. The van der Waals surface area contributed by atoms with Crippen molar-refractivity contribution in [3.8, 4) is 6.07 Å². The highest BCUT2D eigenvalue weighted by atomic mass is 127. The van der Waals surface area contributed by atoms with Crippen LogP contribution in [0.15, 0.2) is 30.7 Å². The first-order valence-corrected chi connectivity index (χ1v) is 8.62. The van der Waals surface area contributed by atoms with E-state index >= 15 is 0 Å². The van der Waals surface area contributed by atoms with E-state index in [2.05, 4.69) is 46.6 Å². The fraction of sp³-hybridized carbons (Fsp3) is 0.412. The van der Waals surface area contributed by atoms with Crippen LogP contribution in [0.5, 0.6) is 0 Å². The zero-order chi connectivity index (χ0) is 15.9. The molecule has 0 aliphatic heterocycles. The minimum absolute atomic E-state index is 0.139. The summed E-state index contributed by atoms with van der Waals surface area (Å²) in [6, 6.07) is 8.08. The molecule has 22 heavy (non-hydrogen) atoms. The van der Waals surface area contributed by atoms with Gasteiger partial charge in [-0.2, -0.15) is 5.26 Å². The van der Waals surface area contributed by atoms with Gasteiger partial charge < -0.3 is 9.67 Å². The Labute approximate surface area is 144 Å². The van der Waals surface area contributed by atoms with Crippen LogP contribution in [0, 0.1) is 18.3 Å². The summed E-state index contributed by atoms with van der Waals surface area (Å²) in [6.07, 6.45) is 6.71. The highest BCUT2D eigenvalue weighted by Crippen LogP contribution is 2.19. The van der Waals surface area contributed by atoms with Crippen LogP contribution in [0.2, 0.25) is 0 Å². The lowest BCUT2D eigenvalue weighted by molar-refractivity contribution is 0.274. The molecule has 0 aliphatic rings. The molecule has 2 rings (SSSR count). The Morgan fingerprint density at radius 1 is 1.45 bits per heavy atom. The van der Waals surface area contributed by atoms with Crippen LogP contribution in [0.25, 0.3) is 0 Å². The predicted molar refractivity (Wildman–Crippen MR) is 95.0 cm³/mol. The fourth-order valence-corrected chi connectivity index (χ4v) is 3.28. The first-order chi connectivity index (χ1) is 10.6. The van der Waals surface area contributed by atoms with Gasteiger partial charge in [0.25, 0.3) is 0 Å². The summed E-state index contributed by atoms with van der Waals surface area (Å²) in [5.74, 6) is 0. The van der Waals surface area contributed by atoms with Crippen LogP contribution in [-0.2, 0) is 19.4 Å². The molecule has 0 saturated heterocycles. The third-order valence-corrected chi connectivity index (χ3v) is 4.83. The smallest absolute Gasteiger partial charge is 0.0991 e. The Kier molecular flexibility index (Phi) is 6.40. The number of imidazole rings is 1. The highest BCUT2D eigenvalue weighted by molar-refractivity contribution is 14.1. The number of nitrogens with zero attached hydrogens (tertiary/aromatic N) is 3. The molecule has 5 heteroatoms. The molecule has 1 heterocycles. The van der Waals surface area contributed by atoms with Crippen LogP contribution in [0.1, 0.15) is 28.8 Å². The second-order valence-electron chi connectivity index (χ2n) is 5.40. The summed E-state index contributed by atoms with van der Waals surface area (Å²) >= 11 is 2.48. The van der Waals surface area contributed by atoms with Crippen LogP contribution in [-0.4, -0.2) is 25.2 Å². The molecule has 1 aromatic heterocycles. The molecule has 2 aromatic rings. The first kappa shape index (κ1) is 17.0. The Bertz CT molecular complexity index is 660. The van der Waals surface area contributed by atoms with Gasteiger partial charge in [-0.25, -0.2) is 4.98 Å². The number of rotatable bonds is 7. The molecule has 0 aliphatic carbocycles. The fourth-order valence-electron chi connectivity index (χ4n) is 2.51. The van der Waals surface area contributed by atoms with E-state index in [-0.39, 0.29) is 6.61 Å². The van der Waals surface area contributed by atoms with E-state index in [4.69, 9.17) is 10.4 Å². The maximum absolute atomic E-state index is 9.05. The van der Waals surface area contributed by atoms with Crippen molar-refractivity contribution in [1.29, 1.82) is 5.26 Å². The molecule has 1 atom stereocenters. The number of aryl methyl sites for hydroxylation is 2. The van der Waals surface area contributed by atoms with Crippen molar-refractivity contribution in [1.82, 2.24) is 9.55 Å². The molecular formula is C17H20IN3O. The van der Waals surface area contributed by atoms with Crippen LogP contribution >= 0.6 is 22.6 Å². The number of benzene rings is 1. The van der Waals surface area contributed by atoms with Gasteiger partial charge in [0.15, 0.2) is 0 Å². The van der Waals surface area contributed by atoms with Gasteiger partial charge in [0.2, 0.25) is 0 Å². The first-order valence-electron chi connectivity index (χ1n) is 7.37. The maximum Gasteiger partial charge on any atom is 0.0991 e. The van der Waals surface area contributed by atoms with E-state index in [1.165, 1.54) is 16.8 Å². The highest BCUT2D eigenvalue weighted by Gasteiger charge is 2.10. The molecule has 0 amide bonds. The predicted octanol–water partition coefficient (Wildman–Crippen LogP) is 3.03. The summed E-state index contributed by atoms with van der Waals surface area (Å²) in [5.41, 5.74) is 4.39. The molecule has 0 saturated carbocycles. The molecule has 1 aromatic carbocycles. The van der Waals surface area contributed by atoms with Gasteiger partial charge in [0, 0.05) is 28.8 Å². The Hall–Kier alpha value is -1.39. The van der Waals surface area contributed by atoms with Crippen LogP contribution in [0.4, 0.5) is 0 Å². The molecule has 0 radical (unpaired) electrons. The van der Waals surface area contributed by atoms with Crippen LogP contribution < -0.4 is 0 Å². The van der Waals surface area contributed by atoms with Crippen molar-refractivity contribution in [3.63, 3.8) is 0 Å². The number of aliphatic hydroxyl groups is 1. The Morgan fingerprint density at radius 2 is 2.27 bits per heavy atom. The van der Waals surface area contributed by atoms with Crippen molar-refractivity contribution >= 4 is 22.6 Å². The Morgan fingerprint density at radius 3 is 2.95 bits per heavy atom. The third-order valence-electron chi connectivity index (χ3n) is 3.77. The average Bonchev–Trinajstić information content (AvgIpc) is 2.93. The van der Waals surface area contributed by atoms with Gasteiger partial charge in [-0.05, 0) is 43.0 Å². The topological polar surface area (TPSA) is 61.8 Å². The lowest BCUT2D eigenvalue weighted by atomic mass is 10.00. The number of halogens is 1. The van der Waals surface area contributed by atoms with E-state index in [1.54, 1.807) is 6.33 Å². The number of hydrogen-bond acceptors (Lipinski definition) is 3. The summed E-state index contributed by atoms with van der Waals surface area (Å²) in [7, 11) is 0. The average molecular weight is 409 g/mol. The molecule has 1 N–H and O–H groups in total. The molecule has 0 fully saturated rings. The largest absolute Gasteiger partial charge is 0.395 e. The zero-order valence-corrected chi connectivity index (χ0v) is 14.8. The number of aliphatic hydroxyl groups excluding tert-OH is 1. The second kappa shape index (κ2) is 8.30. The normalized spacial score (nSPS) is 12.1. The van der Waals surface area contributed by atoms with Crippen molar-refractivity contribution in [2.45, 2.75) is 36.7 Å². The lowest BCUT2D eigenvalue weighted by Gasteiger charge is -2.13. The monoisotopic (exact) mass is 409 g/mol. The van der Waals surface area contributed by atoms with Gasteiger partial charge in [-0.1, -0.05) is 28.7 Å². The molecule has 0 spiro atoms. The molecule has 0 bridgehead atoms. The van der Waals surface area contributed by atoms with Crippen molar-refractivity contribution in [2.75, 3.05) is 6.61 Å². The summed E-state index contributed by atoms with van der Waals surface area (Å²) < 4.78 is 2.53. The molecule has 4 nitrogen and oxygen atoms in total. The number of nitriles is 1. The molecule has 1 unspecified atom stereocenters. The van der Waals surface area contributed by atoms with E-state index in [0.29, 0.717) is 10.5 Å². The van der Waals surface area contributed by atoms with Crippen LogP contribution in [0.3, 0.4) is 0 Å².